The number of likely N-dealkylation sites (N-methyl/N-ethyl adjacent to an activating group) is 1. The predicted octanol–water partition coefficient (Wildman–Crippen LogP) is 1.90. The Hall–Kier alpha value is -1.78. The topological polar surface area (TPSA) is 54.5 Å². The number of amides is 1. The molecule has 0 radical (unpaired) electrons. The summed E-state index contributed by atoms with van der Waals surface area (Å²) >= 11 is 0. The number of aromatic nitrogens is 1. The number of piperidine rings is 1. The zero-order valence-electron chi connectivity index (χ0n) is 11.6. The van der Waals surface area contributed by atoms with E-state index in [4.69, 9.17) is 4.74 Å². The molecule has 1 amide bonds. The second kappa shape index (κ2) is 6.41. The van der Waals surface area contributed by atoms with Crippen LogP contribution in [-0.2, 0) is 4.79 Å². The number of anilines is 1. The summed E-state index contributed by atoms with van der Waals surface area (Å²) in [4.78, 5) is 17.5. The molecule has 1 saturated heterocycles. The number of nitrogens with one attached hydrogen (secondary N) is 1. The lowest BCUT2D eigenvalue weighted by molar-refractivity contribution is -0.132. The summed E-state index contributed by atoms with van der Waals surface area (Å²) in [6, 6.07) is 4.02. The van der Waals surface area contributed by atoms with Gasteiger partial charge in [0.05, 0.1) is 6.61 Å². The van der Waals surface area contributed by atoms with Gasteiger partial charge in [0.2, 0.25) is 5.91 Å². The third kappa shape index (κ3) is 3.59. The molecule has 1 aromatic heterocycles. The highest BCUT2D eigenvalue weighted by Gasteiger charge is 2.23. The van der Waals surface area contributed by atoms with Gasteiger partial charge in [-0.2, -0.15) is 0 Å². The van der Waals surface area contributed by atoms with Crippen LogP contribution in [0.25, 0.3) is 0 Å². The molecule has 2 heterocycles. The Morgan fingerprint density at radius 2 is 2.42 bits per heavy atom. The molecule has 0 bridgehead atoms. The van der Waals surface area contributed by atoms with Gasteiger partial charge in [0, 0.05) is 32.3 Å². The normalized spacial score (nSPS) is 19.4. The molecular formula is C14H21N3O2. The molecule has 1 fully saturated rings. The van der Waals surface area contributed by atoms with Gasteiger partial charge in [-0.05, 0) is 25.0 Å². The molecule has 1 atom stereocenters. The van der Waals surface area contributed by atoms with Gasteiger partial charge in [-0.3, -0.25) is 4.79 Å². The minimum atomic E-state index is 0.210. The zero-order valence-corrected chi connectivity index (χ0v) is 11.6. The van der Waals surface area contributed by atoms with Gasteiger partial charge < -0.3 is 15.0 Å². The van der Waals surface area contributed by atoms with E-state index in [9.17, 15) is 4.79 Å². The van der Waals surface area contributed by atoms with E-state index >= 15 is 0 Å². The van der Waals surface area contributed by atoms with Crippen LogP contribution in [0.1, 0.15) is 26.2 Å². The van der Waals surface area contributed by atoms with Crippen molar-refractivity contribution in [2.24, 2.45) is 0 Å². The molecule has 0 aromatic carbocycles. The highest BCUT2D eigenvalue weighted by molar-refractivity contribution is 5.77. The van der Waals surface area contributed by atoms with Crippen molar-refractivity contribution in [2.45, 2.75) is 32.2 Å². The molecule has 104 valence electrons. The lowest BCUT2D eigenvalue weighted by atomic mass is 10.1. The number of pyridine rings is 1. The van der Waals surface area contributed by atoms with E-state index in [1.54, 1.807) is 11.1 Å². The van der Waals surface area contributed by atoms with Gasteiger partial charge in [-0.1, -0.05) is 6.92 Å². The number of carbonyl (C=O) groups excluding carboxylic acids is 1. The van der Waals surface area contributed by atoms with E-state index in [1.807, 2.05) is 19.2 Å². The molecule has 1 unspecified atom stereocenters. The summed E-state index contributed by atoms with van der Waals surface area (Å²) in [5.74, 6) is 1.76. The van der Waals surface area contributed by atoms with Crippen molar-refractivity contribution in [1.29, 1.82) is 0 Å². The van der Waals surface area contributed by atoms with Crippen molar-refractivity contribution in [3.05, 3.63) is 18.3 Å². The Morgan fingerprint density at radius 3 is 3.16 bits per heavy atom. The third-order valence-electron chi connectivity index (χ3n) is 3.20. The van der Waals surface area contributed by atoms with Crippen LogP contribution >= 0.6 is 0 Å². The molecule has 1 N–H and O–H groups in total. The lowest BCUT2D eigenvalue weighted by Crippen LogP contribution is -2.43. The van der Waals surface area contributed by atoms with E-state index < -0.39 is 0 Å². The molecule has 1 aliphatic rings. The first-order valence-electron chi connectivity index (χ1n) is 6.79. The van der Waals surface area contributed by atoms with Gasteiger partial charge in [0.25, 0.3) is 0 Å². The zero-order chi connectivity index (χ0) is 13.7. The fourth-order valence-corrected chi connectivity index (χ4v) is 2.15. The van der Waals surface area contributed by atoms with Crippen molar-refractivity contribution in [3.8, 4) is 5.75 Å². The summed E-state index contributed by atoms with van der Waals surface area (Å²) in [5.41, 5.74) is 0. The first-order valence-corrected chi connectivity index (χ1v) is 6.79. The number of hydrogen-bond donors (Lipinski definition) is 1. The summed E-state index contributed by atoms with van der Waals surface area (Å²) in [7, 11) is 1.84. The first kappa shape index (κ1) is 13.6. The number of rotatable bonds is 5. The second-order valence-corrected chi connectivity index (χ2v) is 4.85. The smallest absolute Gasteiger partial charge is 0.222 e. The van der Waals surface area contributed by atoms with E-state index in [2.05, 4.69) is 17.2 Å². The summed E-state index contributed by atoms with van der Waals surface area (Å²) in [6.45, 7) is 3.47. The molecule has 19 heavy (non-hydrogen) atoms. The first-order chi connectivity index (χ1) is 9.20. The Labute approximate surface area is 114 Å². The Balaban J connectivity index is 2.00. The third-order valence-corrected chi connectivity index (χ3v) is 3.20. The molecule has 5 heteroatoms. The van der Waals surface area contributed by atoms with Crippen LogP contribution in [0.3, 0.4) is 0 Å². The van der Waals surface area contributed by atoms with Crippen LogP contribution in [-0.4, -0.2) is 42.0 Å². The van der Waals surface area contributed by atoms with E-state index in [1.165, 1.54) is 0 Å². The van der Waals surface area contributed by atoms with E-state index in [-0.39, 0.29) is 11.9 Å². The molecular weight excluding hydrogens is 242 g/mol. The molecule has 1 aliphatic heterocycles. The maximum atomic E-state index is 11.5. The Bertz CT molecular complexity index is 436. The second-order valence-electron chi connectivity index (χ2n) is 4.85. The van der Waals surface area contributed by atoms with Crippen molar-refractivity contribution >= 4 is 11.7 Å². The maximum absolute atomic E-state index is 11.5. The standard InChI is InChI=1S/C14H21N3O2/c1-3-9-19-12-5-4-8-15-14(12)16-11-6-7-13(18)17(2)10-11/h4-5,8,11H,3,6-7,9-10H2,1-2H3,(H,15,16). The molecule has 2 rings (SSSR count). The van der Waals surface area contributed by atoms with Crippen LogP contribution < -0.4 is 10.1 Å². The highest BCUT2D eigenvalue weighted by Crippen LogP contribution is 2.23. The molecule has 5 nitrogen and oxygen atoms in total. The average Bonchev–Trinajstić information content (AvgIpc) is 2.42. The van der Waals surface area contributed by atoms with Gasteiger partial charge in [0.1, 0.15) is 0 Å². The number of nitrogens with zero attached hydrogens (tertiary/aromatic N) is 2. The minimum absolute atomic E-state index is 0.210. The molecule has 0 saturated carbocycles. The number of ether oxygens (including phenoxy) is 1. The maximum Gasteiger partial charge on any atom is 0.222 e. The quantitative estimate of drug-likeness (QED) is 0.881. The predicted molar refractivity (Wildman–Crippen MR) is 74.3 cm³/mol. The SMILES string of the molecule is CCCOc1cccnc1NC1CCC(=O)N(C)C1. The van der Waals surface area contributed by atoms with E-state index in [0.717, 1.165) is 24.4 Å². The van der Waals surface area contributed by atoms with Crippen molar-refractivity contribution in [2.75, 3.05) is 25.5 Å². The lowest BCUT2D eigenvalue weighted by Gasteiger charge is -2.30. The van der Waals surface area contributed by atoms with Crippen LogP contribution in [0.2, 0.25) is 0 Å². The fourth-order valence-electron chi connectivity index (χ4n) is 2.15. The van der Waals surface area contributed by atoms with Crippen molar-refractivity contribution < 1.29 is 9.53 Å². The van der Waals surface area contributed by atoms with Crippen LogP contribution in [0, 0.1) is 0 Å². The number of carbonyl (C=O) groups is 1. The van der Waals surface area contributed by atoms with E-state index in [0.29, 0.717) is 19.6 Å². The monoisotopic (exact) mass is 263 g/mol. The summed E-state index contributed by atoms with van der Waals surface area (Å²) in [6.07, 6.45) is 4.15. The summed E-state index contributed by atoms with van der Waals surface area (Å²) < 4.78 is 5.67. The van der Waals surface area contributed by atoms with Crippen molar-refractivity contribution in [3.63, 3.8) is 0 Å². The van der Waals surface area contributed by atoms with Gasteiger partial charge in [-0.15, -0.1) is 0 Å². The van der Waals surface area contributed by atoms with Gasteiger partial charge >= 0.3 is 0 Å². The molecule has 1 aromatic rings. The van der Waals surface area contributed by atoms with Gasteiger partial charge in [-0.25, -0.2) is 4.98 Å². The van der Waals surface area contributed by atoms with Crippen LogP contribution in [0.15, 0.2) is 18.3 Å². The average molecular weight is 263 g/mol. The van der Waals surface area contributed by atoms with Crippen LogP contribution in [0.4, 0.5) is 5.82 Å². The largest absolute Gasteiger partial charge is 0.490 e. The fraction of sp³-hybridized carbons (Fsp3) is 0.571. The van der Waals surface area contributed by atoms with Crippen LogP contribution in [0.5, 0.6) is 5.75 Å². The van der Waals surface area contributed by atoms with Crippen molar-refractivity contribution in [1.82, 2.24) is 9.88 Å². The summed E-state index contributed by atoms with van der Waals surface area (Å²) in [5, 5.41) is 3.38. The highest BCUT2D eigenvalue weighted by atomic mass is 16.5. The molecule has 0 spiro atoms. The number of hydrogen-bond acceptors (Lipinski definition) is 4. The Morgan fingerprint density at radius 1 is 1.58 bits per heavy atom. The molecule has 0 aliphatic carbocycles. The Kier molecular flexibility index (Phi) is 4.60. The minimum Gasteiger partial charge on any atom is -0.490 e. The number of likely N-dealkylation sites (tertiary alicyclic amines) is 1. The van der Waals surface area contributed by atoms with Gasteiger partial charge in [0.15, 0.2) is 11.6 Å².